The zero-order chi connectivity index (χ0) is 22.4. The third-order valence-electron chi connectivity index (χ3n) is 5.07. The highest BCUT2D eigenvalue weighted by Crippen LogP contribution is 2.31. The van der Waals surface area contributed by atoms with Crippen molar-refractivity contribution in [2.24, 2.45) is 0 Å². The number of para-hydroxylation sites is 2. The van der Waals surface area contributed by atoms with Gasteiger partial charge in [0.2, 0.25) is 23.6 Å². The van der Waals surface area contributed by atoms with E-state index in [4.69, 9.17) is 0 Å². The van der Waals surface area contributed by atoms with E-state index in [9.17, 15) is 19.2 Å². The van der Waals surface area contributed by atoms with Crippen molar-refractivity contribution in [2.75, 3.05) is 30.4 Å². The fourth-order valence-electron chi connectivity index (χ4n) is 3.49. The fraction of sp³-hybridized carbons (Fsp3) is 0.304. The number of anilines is 2. The first-order valence-electron chi connectivity index (χ1n) is 10.1. The first-order chi connectivity index (χ1) is 14.8. The van der Waals surface area contributed by atoms with Gasteiger partial charge in [0.1, 0.15) is 0 Å². The third kappa shape index (κ3) is 5.69. The lowest BCUT2D eigenvalue weighted by atomic mass is 10.1. The number of benzene rings is 2. The molecule has 0 aromatic heterocycles. The molecule has 1 atom stereocenters. The highest BCUT2D eigenvalue weighted by Gasteiger charge is 2.30. The Hall–Kier alpha value is -3.68. The van der Waals surface area contributed by atoms with Gasteiger partial charge >= 0.3 is 0 Å². The molecule has 0 spiro atoms. The Kier molecular flexibility index (Phi) is 7.02. The lowest BCUT2D eigenvalue weighted by Gasteiger charge is -2.29. The summed E-state index contributed by atoms with van der Waals surface area (Å²) in [5, 5.41) is 5.40. The van der Waals surface area contributed by atoms with E-state index in [0.29, 0.717) is 11.4 Å². The highest BCUT2D eigenvalue weighted by atomic mass is 16.2. The molecule has 0 bridgehead atoms. The van der Waals surface area contributed by atoms with Crippen molar-refractivity contribution in [2.45, 2.75) is 25.8 Å². The number of carbonyl (C=O) groups is 4. The van der Waals surface area contributed by atoms with Crippen molar-refractivity contribution in [1.82, 2.24) is 10.2 Å². The molecule has 0 saturated carbocycles. The minimum Gasteiger partial charge on any atom is -0.347 e. The SMILES string of the molecule is C[C@H]1CC(=O)Nc2ccccc2N1C(=O)CN(C)C(=O)CNC(=O)Cc1ccccc1. The molecule has 4 amide bonds. The molecule has 1 heterocycles. The van der Waals surface area contributed by atoms with E-state index in [0.717, 1.165) is 5.56 Å². The first-order valence-corrected chi connectivity index (χ1v) is 10.1. The molecule has 2 N–H and O–H groups in total. The van der Waals surface area contributed by atoms with Crippen molar-refractivity contribution in [3.05, 3.63) is 60.2 Å². The van der Waals surface area contributed by atoms with Crippen LogP contribution >= 0.6 is 0 Å². The standard InChI is InChI=1S/C23H26N4O4/c1-16-12-21(29)25-18-10-6-7-11-19(18)27(16)23(31)15-26(2)22(30)14-24-20(28)13-17-8-4-3-5-9-17/h3-11,16H,12-15H2,1-2H3,(H,24,28)(H,25,29)/t16-/m0/s1. The van der Waals surface area contributed by atoms with Crippen LogP contribution in [0.5, 0.6) is 0 Å². The fourth-order valence-corrected chi connectivity index (χ4v) is 3.49. The lowest BCUT2D eigenvalue weighted by Crippen LogP contribution is -2.47. The Balaban J connectivity index is 1.58. The summed E-state index contributed by atoms with van der Waals surface area (Å²) in [7, 11) is 1.52. The second kappa shape index (κ2) is 9.88. The number of nitrogens with zero attached hydrogens (tertiary/aromatic N) is 2. The molecule has 8 heteroatoms. The van der Waals surface area contributed by atoms with Crippen LogP contribution in [-0.2, 0) is 25.6 Å². The van der Waals surface area contributed by atoms with Crippen molar-refractivity contribution < 1.29 is 19.2 Å². The number of likely N-dealkylation sites (N-methyl/N-ethyl adjacent to an activating group) is 1. The summed E-state index contributed by atoms with van der Waals surface area (Å²) in [4.78, 5) is 52.4. The molecular formula is C23H26N4O4. The zero-order valence-corrected chi connectivity index (χ0v) is 17.6. The first kappa shape index (κ1) is 22.0. The molecule has 3 rings (SSSR count). The molecular weight excluding hydrogens is 396 g/mol. The third-order valence-corrected chi connectivity index (χ3v) is 5.07. The largest absolute Gasteiger partial charge is 0.347 e. The maximum Gasteiger partial charge on any atom is 0.246 e. The van der Waals surface area contributed by atoms with Gasteiger partial charge in [0.05, 0.1) is 30.9 Å². The van der Waals surface area contributed by atoms with Gasteiger partial charge in [-0.3, -0.25) is 19.2 Å². The summed E-state index contributed by atoms with van der Waals surface area (Å²) < 4.78 is 0. The van der Waals surface area contributed by atoms with Crippen LogP contribution < -0.4 is 15.5 Å². The summed E-state index contributed by atoms with van der Waals surface area (Å²) in [6, 6.07) is 16.0. The highest BCUT2D eigenvalue weighted by molar-refractivity contribution is 6.05. The molecule has 162 valence electrons. The van der Waals surface area contributed by atoms with Crippen LogP contribution in [-0.4, -0.2) is 54.7 Å². The van der Waals surface area contributed by atoms with Gasteiger partial charge in [-0.2, -0.15) is 0 Å². The van der Waals surface area contributed by atoms with E-state index in [1.54, 1.807) is 36.1 Å². The van der Waals surface area contributed by atoms with Gasteiger partial charge in [0.25, 0.3) is 0 Å². The maximum absolute atomic E-state index is 13.0. The summed E-state index contributed by atoms with van der Waals surface area (Å²) >= 11 is 0. The van der Waals surface area contributed by atoms with Crippen LogP contribution in [0, 0.1) is 0 Å². The normalized spacial score (nSPS) is 15.4. The topological polar surface area (TPSA) is 98.8 Å². The number of nitrogens with one attached hydrogen (secondary N) is 2. The van der Waals surface area contributed by atoms with Gasteiger partial charge in [-0.1, -0.05) is 42.5 Å². The second-order valence-corrected chi connectivity index (χ2v) is 7.57. The van der Waals surface area contributed by atoms with Gasteiger partial charge in [-0.15, -0.1) is 0 Å². The number of fused-ring (bicyclic) bond motifs is 1. The van der Waals surface area contributed by atoms with Crippen LogP contribution in [0.4, 0.5) is 11.4 Å². The van der Waals surface area contributed by atoms with Gasteiger partial charge in [0, 0.05) is 19.5 Å². The predicted molar refractivity (Wildman–Crippen MR) is 117 cm³/mol. The van der Waals surface area contributed by atoms with E-state index >= 15 is 0 Å². The van der Waals surface area contributed by atoms with Crippen LogP contribution in [0.3, 0.4) is 0 Å². The van der Waals surface area contributed by atoms with Crippen molar-refractivity contribution in [1.29, 1.82) is 0 Å². The number of amides is 4. The van der Waals surface area contributed by atoms with Crippen LogP contribution in [0.2, 0.25) is 0 Å². The van der Waals surface area contributed by atoms with Gasteiger partial charge in [0.15, 0.2) is 0 Å². The van der Waals surface area contributed by atoms with E-state index in [2.05, 4.69) is 10.6 Å². The summed E-state index contributed by atoms with van der Waals surface area (Å²) in [5.74, 6) is -1.11. The molecule has 0 aliphatic carbocycles. The van der Waals surface area contributed by atoms with Crippen LogP contribution in [0.1, 0.15) is 18.9 Å². The van der Waals surface area contributed by atoms with Crippen molar-refractivity contribution in [3.63, 3.8) is 0 Å². The maximum atomic E-state index is 13.0. The minimum absolute atomic E-state index is 0.160. The Bertz CT molecular complexity index is 977. The number of hydrogen-bond acceptors (Lipinski definition) is 4. The number of rotatable bonds is 6. The summed E-state index contributed by atoms with van der Waals surface area (Å²) in [5.41, 5.74) is 2.02. The number of carbonyl (C=O) groups excluding carboxylic acids is 4. The monoisotopic (exact) mass is 422 g/mol. The van der Waals surface area contributed by atoms with Gasteiger partial charge < -0.3 is 20.4 Å². The van der Waals surface area contributed by atoms with E-state index in [1.807, 2.05) is 30.3 Å². The van der Waals surface area contributed by atoms with Crippen molar-refractivity contribution in [3.8, 4) is 0 Å². The smallest absolute Gasteiger partial charge is 0.246 e. The Morgan fingerprint density at radius 2 is 1.77 bits per heavy atom. The molecule has 0 radical (unpaired) electrons. The van der Waals surface area contributed by atoms with E-state index in [-0.39, 0.29) is 55.6 Å². The zero-order valence-electron chi connectivity index (χ0n) is 17.6. The minimum atomic E-state index is -0.375. The van der Waals surface area contributed by atoms with Gasteiger partial charge in [-0.25, -0.2) is 0 Å². The van der Waals surface area contributed by atoms with E-state index < -0.39 is 0 Å². The number of hydrogen-bond donors (Lipinski definition) is 2. The van der Waals surface area contributed by atoms with Crippen LogP contribution in [0.15, 0.2) is 54.6 Å². The molecule has 0 unspecified atom stereocenters. The predicted octanol–water partition coefficient (Wildman–Crippen LogP) is 1.57. The van der Waals surface area contributed by atoms with E-state index in [1.165, 1.54) is 11.9 Å². The Morgan fingerprint density at radius 1 is 1.10 bits per heavy atom. The van der Waals surface area contributed by atoms with Crippen LogP contribution in [0.25, 0.3) is 0 Å². The van der Waals surface area contributed by atoms with Crippen molar-refractivity contribution >= 4 is 35.0 Å². The molecule has 1 aliphatic rings. The quantitative estimate of drug-likeness (QED) is 0.738. The Morgan fingerprint density at radius 3 is 2.52 bits per heavy atom. The summed E-state index contributed by atoms with van der Waals surface area (Å²) in [6.07, 6.45) is 0.341. The molecule has 8 nitrogen and oxygen atoms in total. The molecule has 0 fully saturated rings. The molecule has 2 aromatic rings. The molecule has 0 saturated heterocycles. The van der Waals surface area contributed by atoms with Gasteiger partial charge in [-0.05, 0) is 24.6 Å². The second-order valence-electron chi connectivity index (χ2n) is 7.57. The molecule has 2 aromatic carbocycles. The average Bonchev–Trinajstić information content (AvgIpc) is 2.86. The average molecular weight is 422 g/mol. The lowest BCUT2D eigenvalue weighted by molar-refractivity contribution is -0.134. The Labute approximate surface area is 181 Å². The molecule has 1 aliphatic heterocycles. The molecule has 31 heavy (non-hydrogen) atoms. The summed E-state index contributed by atoms with van der Waals surface area (Å²) in [6.45, 7) is 1.44.